The number of nitrogens with two attached hydrogens (primary N) is 1. The molecule has 1 heterocycles. The maximum absolute atomic E-state index is 10.7. The fourth-order valence-corrected chi connectivity index (χ4v) is 3.28. The van der Waals surface area contributed by atoms with Gasteiger partial charge in [0.15, 0.2) is 0 Å². The molecule has 5 nitrogen and oxygen atoms in total. The molecule has 0 radical (unpaired) electrons. The van der Waals surface area contributed by atoms with Crippen molar-refractivity contribution in [1.29, 1.82) is 0 Å². The Morgan fingerprint density at radius 2 is 1.95 bits per heavy atom. The Balaban J connectivity index is 0.00000121. The fraction of sp³-hybridized carbons (Fsp3) is 0.357. The Bertz CT molecular complexity index is 629. The number of thiazole rings is 1. The van der Waals surface area contributed by atoms with Crippen molar-refractivity contribution in [2.45, 2.75) is 24.7 Å². The van der Waals surface area contributed by atoms with Crippen LogP contribution in [0.3, 0.4) is 0 Å². The van der Waals surface area contributed by atoms with E-state index in [1.165, 1.54) is 30.0 Å². The smallest absolute Gasteiger partial charge is 0.269 e. The maximum Gasteiger partial charge on any atom is 0.269 e. The van der Waals surface area contributed by atoms with E-state index in [1.54, 1.807) is 23.5 Å². The van der Waals surface area contributed by atoms with Gasteiger partial charge >= 0.3 is 0 Å². The standard InChI is InChI=1S/C14H15N3O2S.2BrH/c15-7-12(9-3-5-11(6-4-9)17(18)19)13-8-20-14(16-13)10-1-2-10;;/h3-6,8,10,12H,1-2,7,15H2;2*1H/t12-;;/m0../s1. The SMILES string of the molecule is Br.Br.NC[C@@H](c1ccc([N+](=O)[O-])cc1)c1csc(C2CC2)n1. The van der Waals surface area contributed by atoms with Gasteiger partial charge in [-0.2, -0.15) is 0 Å². The molecule has 3 rings (SSSR count). The highest BCUT2D eigenvalue weighted by molar-refractivity contribution is 8.93. The molecule has 2 aromatic rings. The lowest BCUT2D eigenvalue weighted by atomic mass is 9.96. The van der Waals surface area contributed by atoms with Crippen LogP contribution in [0, 0.1) is 10.1 Å². The molecule has 0 aliphatic heterocycles. The molecule has 0 bridgehead atoms. The Hall–Kier alpha value is -0.830. The zero-order valence-electron chi connectivity index (χ0n) is 11.7. The van der Waals surface area contributed by atoms with Crippen molar-refractivity contribution in [2.24, 2.45) is 5.73 Å². The first kappa shape index (κ1) is 19.2. The van der Waals surface area contributed by atoms with Crippen LogP contribution in [0.2, 0.25) is 0 Å². The monoisotopic (exact) mass is 449 g/mol. The summed E-state index contributed by atoms with van der Waals surface area (Å²) >= 11 is 1.69. The maximum atomic E-state index is 10.7. The average molecular weight is 451 g/mol. The number of aromatic nitrogens is 1. The molecule has 0 unspecified atom stereocenters. The Morgan fingerprint density at radius 1 is 1.32 bits per heavy atom. The number of halogens is 2. The van der Waals surface area contributed by atoms with Crippen molar-refractivity contribution in [3.05, 3.63) is 56.0 Å². The molecule has 1 aromatic carbocycles. The topological polar surface area (TPSA) is 82.0 Å². The summed E-state index contributed by atoms with van der Waals surface area (Å²) in [5.74, 6) is 0.656. The summed E-state index contributed by atoms with van der Waals surface area (Å²) in [5, 5.41) is 13.9. The summed E-state index contributed by atoms with van der Waals surface area (Å²) in [6.07, 6.45) is 2.47. The van der Waals surface area contributed by atoms with Crippen LogP contribution >= 0.6 is 45.3 Å². The van der Waals surface area contributed by atoms with Crippen LogP contribution in [0.1, 0.15) is 40.9 Å². The molecule has 1 aromatic heterocycles. The normalized spacial score (nSPS) is 14.6. The Morgan fingerprint density at radius 3 is 2.45 bits per heavy atom. The van der Waals surface area contributed by atoms with E-state index in [-0.39, 0.29) is 45.6 Å². The number of non-ortho nitro benzene ring substituents is 1. The number of hydrogen-bond acceptors (Lipinski definition) is 5. The predicted molar refractivity (Wildman–Crippen MR) is 98.7 cm³/mol. The molecule has 8 heteroatoms. The second-order valence-electron chi connectivity index (χ2n) is 5.02. The summed E-state index contributed by atoms with van der Waals surface area (Å²) in [6.45, 7) is 0.450. The number of hydrogen-bond donors (Lipinski definition) is 1. The highest BCUT2D eigenvalue weighted by atomic mass is 79.9. The molecule has 120 valence electrons. The predicted octanol–water partition coefficient (Wildman–Crippen LogP) is 4.18. The second kappa shape index (κ2) is 8.14. The van der Waals surface area contributed by atoms with Crippen molar-refractivity contribution in [3.8, 4) is 0 Å². The lowest BCUT2D eigenvalue weighted by molar-refractivity contribution is -0.384. The third-order valence-corrected chi connectivity index (χ3v) is 4.59. The first-order valence-electron chi connectivity index (χ1n) is 6.58. The number of benzene rings is 1. The number of rotatable bonds is 5. The molecule has 1 saturated carbocycles. The van der Waals surface area contributed by atoms with Gasteiger partial charge in [0.25, 0.3) is 5.69 Å². The van der Waals surface area contributed by atoms with Crippen molar-refractivity contribution in [2.75, 3.05) is 6.54 Å². The first-order valence-corrected chi connectivity index (χ1v) is 7.46. The molecule has 0 saturated heterocycles. The lowest BCUT2D eigenvalue weighted by Gasteiger charge is -2.12. The summed E-state index contributed by atoms with van der Waals surface area (Å²) in [6, 6.07) is 6.58. The van der Waals surface area contributed by atoms with Crippen LogP contribution in [0.15, 0.2) is 29.6 Å². The van der Waals surface area contributed by atoms with Crippen LogP contribution in [0.5, 0.6) is 0 Å². The minimum absolute atomic E-state index is 0. The van der Waals surface area contributed by atoms with Gasteiger partial charge in [-0.15, -0.1) is 45.3 Å². The van der Waals surface area contributed by atoms with Crippen LogP contribution < -0.4 is 5.73 Å². The Labute approximate surface area is 153 Å². The molecule has 1 atom stereocenters. The number of nitro benzene ring substituents is 1. The van der Waals surface area contributed by atoms with Gasteiger partial charge in [-0.05, 0) is 18.4 Å². The summed E-state index contributed by atoms with van der Waals surface area (Å²) in [4.78, 5) is 15.0. The van der Waals surface area contributed by atoms with Crippen LogP contribution in [0.25, 0.3) is 0 Å². The van der Waals surface area contributed by atoms with Gasteiger partial charge in [0.05, 0.1) is 15.6 Å². The van der Waals surface area contributed by atoms with E-state index in [4.69, 9.17) is 5.73 Å². The fourth-order valence-electron chi connectivity index (χ4n) is 2.23. The van der Waals surface area contributed by atoms with E-state index in [0.29, 0.717) is 12.5 Å². The molecule has 2 N–H and O–H groups in total. The van der Waals surface area contributed by atoms with Crippen LogP contribution in [0.4, 0.5) is 5.69 Å². The van der Waals surface area contributed by atoms with Gasteiger partial charge < -0.3 is 5.73 Å². The molecular weight excluding hydrogens is 434 g/mol. The minimum Gasteiger partial charge on any atom is -0.329 e. The highest BCUT2D eigenvalue weighted by Crippen LogP contribution is 2.42. The van der Waals surface area contributed by atoms with Crippen LogP contribution in [-0.4, -0.2) is 16.5 Å². The van der Waals surface area contributed by atoms with Gasteiger partial charge in [0.2, 0.25) is 0 Å². The van der Waals surface area contributed by atoms with Gasteiger partial charge in [-0.1, -0.05) is 12.1 Å². The molecule has 0 spiro atoms. The van der Waals surface area contributed by atoms with Crippen molar-refractivity contribution in [1.82, 2.24) is 4.98 Å². The van der Waals surface area contributed by atoms with E-state index in [9.17, 15) is 10.1 Å². The third kappa shape index (κ3) is 4.13. The average Bonchev–Trinajstić information content (AvgIpc) is 3.20. The molecule has 0 amide bonds. The highest BCUT2D eigenvalue weighted by Gasteiger charge is 2.28. The number of nitro groups is 1. The van der Waals surface area contributed by atoms with Gasteiger partial charge in [-0.3, -0.25) is 10.1 Å². The summed E-state index contributed by atoms with van der Waals surface area (Å²) < 4.78 is 0. The first-order chi connectivity index (χ1) is 9.69. The van der Waals surface area contributed by atoms with E-state index in [0.717, 1.165) is 11.3 Å². The zero-order valence-corrected chi connectivity index (χ0v) is 15.9. The van der Waals surface area contributed by atoms with Crippen molar-refractivity contribution < 1.29 is 4.92 Å². The van der Waals surface area contributed by atoms with E-state index < -0.39 is 4.92 Å². The van der Waals surface area contributed by atoms with Gasteiger partial charge in [0, 0.05) is 35.9 Å². The van der Waals surface area contributed by atoms with E-state index in [2.05, 4.69) is 10.4 Å². The second-order valence-corrected chi connectivity index (χ2v) is 5.91. The van der Waals surface area contributed by atoms with Crippen LogP contribution in [-0.2, 0) is 0 Å². The van der Waals surface area contributed by atoms with Crippen molar-refractivity contribution in [3.63, 3.8) is 0 Å². The lowest BCUT2D eigenvalue weighted by Crippen LogP contribution is -2.14. The zero-order chi connectivity index (χ0) is 14.1. The van der Waals surface area contributed by atoms with Crippen molar-refractivity contribution >= 4 is 51.0 Å². The molecule has 22 heavy (non-hydrogen) atoms. The third-order valence-electron chi connectivity index (χ3n) is 3.57. The molecule has 1 aliphatic carbocycles. The Kier molecular flexibility index (Phi) is 7.11. The summed E-state index contributed by atoms with van der Waals surface area (Å²) in [7, 11) is 0. The van der Waals surface area contributed by atoms with E-state index >= 15 is 0 Å². The number of nitrogens with zero attached hydrogens (tertiary/aromatic N) is 2. The minimum atomic E-state index is -0.394. The van der Waals surface area contributed by atoms with E-state index in [1.807, 2.05) is 0 Å². The quantitative estimate of drug-likeness (QED) is 0.547. The molecule has 1 aliphatic rings. The largest absolute Gasteiger partial charge is 0.329 e. The molecular formula is C14H17Br2N3O2S. The summed E-state index contributed by atoms with van der Waals surface area (Å²) in [5.41, 5.74) is 7.92. The van der Waals surface area contributed by atoms with Gasteiger partial charge in [0.1, 0.15) is 0 Å². The van der Waals surface area contributed by atoms with Gasteiger partial charge in [-0.25, -0.2) is 4.98 Å². The molecule has 1 fully saturated rings.